The molecule has 0 saturated carbocycles. The fraction of sp³-hybridized carbons (Fsp3) is 0.0909. The minimum Gasteiger partial charge on any atom is -0.364 e. The van der Waals surface area contributed by atoms with Gasteiger partial charge in [-0.05, 0) is 56.3 Å². The fourth-order valence-electron chi connectivity index (χ4n) is 3.28. The Bertz CT molecular complexity index is 1220. The van der Waals surface area contributed by atoms with Gasteiger partial charge in [-0.1, -0.05) is 18.2 Å². The van der Waals surface area contributed by atoms with Crippen LogP contribution in [0.1, 0.15) is 32.2 Å². The number of aromatic nitrogens is 4. The molecular formula is C22H20N6O2. The first-order valence-corrected chi connectivity index (χ1v) is 9.33. The maximum atomic E-state index is 12.9. The molecule has 0 aliphatic carbocycles. The first kappa shape index (κ1) is 19.1. The van der Waals surface area contributed by atoms with E-state index in [-0.39, 0.29) is 11.6 Å². The Hall–Kier alpha value is -4.20. The largest absolute Gasteiger partial charge is 0.364 e. The molecule has 2 amide bonds. The Morgan fingerprint density at radius 1 is 0.900 bits per heavy atom. The Balaban J connectivity index is 1.54. The predicted octanol–water partition coefficient (Wildman–Crippen LogP) is 3.03. The highest BCUT2D eigenvalue weighted by Crippen LogP contribution is 2.20. The van der Waals surface area contributed by atoms with Crippen LogP contribution in [0.3, 0.4) is 0 Å². The summed E-state index contributed by atoms with van der Waals surface area (Å²) < 4.78 is 3.31. The lowest BCUT2D eigenvalue weighted by atomic mass is 10.1. The number of primary amides is 1. The molecule has 0 spiro atoms. The average molecular weight is 400 g/mol. The highest BCUT2D eigenvalue weighted by Gasteiger charge is 2.19. The minimum absolute atomic E-state index is 0.189. The summed E-state index contributed by atoms with van der Waals surface area (Å²) in [7, 11) is 0. The van der Waals surface area contributed by atoms with E-state index in [0.717, 1.165) is 17.1 Å². The number of amides is 2. The molecule has 0 aliphatic heterocycles. The molecule has 0 atom stereocenters. The van der Waals surface area contributed by atoms with E-state index in [9.17, 15) is 9.59 Å². The second-order valence-electron chi connectivity index (χ2n) is 6.80. The van der Waals surface area contributed by atoms with Crippen LogP contribution in [0.25, 0.3) is 11.4 Å². The van der Waals surface area contributed by atoms with Gasteiger partial charge in [0.1, 0.15) is 5.69 Å². The van der Waals surface area contributed by atoms with E-state index < -0.39 is 5.91 Å². The van der Waals surface area contributed by atoms with Gasteiger partial charge in [-0.15, -0.1) is 0 Å². The zero-order valence-corrected chi connectivity index (χ0v) is 16.5. The summed E-state index contributed by atoms with van der Waals surface area (Å²) >= 11 is 0. The van der Waals surface area contributed by atoms with Crippen molar-refractivity contribution in [2.75, 3.05) is 5.32 Å². The summed E-state index contributed by atoms with van der Waals surface area (Å²) in [6.45, 7) is 3.69. The number of nitrogens with one attached hydrogen (secondary N) is 1. The molecule has 0 unspecified atom stereocenters. The SMILES string of the molecule is Cc1nn(-c2ccccc2)c(C)c1C(=O)Nc1ccc(-n2ccc(C(N)=O)n2)cc1. The topological polar surface area (TPSA) is 108 Å². The number of benzene rings is 2. The lowest BCUT2D eigenvalue weighted by Crippen LogP contribution is -2.14. The molecule has 0 bridgehead atoms. The van der Waals surface area contributed by atoms with Crippen molar-refractivity contribution in [3.05, 3.63) is 89.5 Å². The molecule has 4 rings (SSSR count). The molecule has 150 valence electrons. The molecule has 2 aromatic carbocycles. The standard InChI is InChI=1S/C22H20N6O2/c1-14-20(15(2)28(25-14)18-6-4-3-5-7-18)22(30)24-16-8-10-17(11-9-16)27-13-12-19(26-27)21(23)29/h3-13H,1-2H3,(H2,23,29)(H,24,30). The van der Waals surface area contributed by atoms with Crippen molar-refractivity contribution in [2.24, 2.45) is 5.73 Å². The van der Waals surface area contributed by atoms with Crippen molar-refractivity contribution in [2.45, 2.75) is 13.8 Å². The quantitative estimate of drug-likeness (QED) is 0.537. The normalized spacial score (nSPS) is 10.7. The summed E-state index contributed by atoms with van der Waals surface area (Å²) in [4.78, 5) is 24.1. The first-order chi connectivity index (χ1) is 14.4. The van der Waals surface area contributed by atoms with E-state index in [1.807, 2.05) is 44.2 Å². The van der Waals surface area contributed by atoms with E-state index in [4.69, 9.17) is 5.73 Å². The maximum Gasteiger partial charge on any atom is 0.269 e. The van der Waals surface area contributed by atoms with Crippen molar-refractivity contribution < 1.29 is 9.59 Å². The van der Waals surface area contributed by atoms with Crippen molar-refractivity contribution in [1.29, 1.82) is 0 Å². The van der Waals surface area contributed by atoms with Crippen molar-refractivity contribution in [3.8, 4) is 11.4 Å². The number of carbonyl (C=O) groups is 2. The van der Waals surface area contributed by atoms with Crippen LogP contribution in [-0.2, 0) is 0 Å². The molecular weight excluding hydrogens is 380 g/mol. The zero-order valence-electron chi connectivity index (χ0n) is 16.5. The highest BCUT2D eigenvalue weighted by atomic mass is 16.2. The van der Waals surface area contributed by atoms with Crippen molar-refractivity contribution >= 4 is 17.5 Å². The van der Waals surface area contributed by atoms with Gasteiger partial charge in [0.25, 0.3) is 11.8 Å². The third-order valence-corrected chi connectivity index (χ3v) is 4.75. The van der Waals surface area contributed by atoms with Gasteiger partial charge in [0.15, 0.2) is 0 Å². The molecule has 4 aromatic rings. The zero-order chi connectivity index (χ0) is 21.3. The molecule has 8 nitrogen and oxygen atoms in total. The number of nitrogens with two attached hydrogens (primary N) is 1. The summed E-state index contributed by atoms with van der Waals surface area (Å²) in [6.07, 6.45) is 1.65. The first-order valence-electron chi connectivity index (χ1n) is 9.33. The van der Waals surface area contributed by atoms with Crippen LogP contribution in [0.2, 0.25) is 0 Å². The highest BCUT2D eigenvalue weighted by molar-refractivity contribution is 6.06. The fourth-order valence-corrected chi connectivity index (χ4v) is 3.28. The van der Waals surface area contributed by atoms with Crippen LogP contribution < -0.4 is 11.1 Å². The van der Waals surface area contributed by atoms with E-state index in [0.29, 0.717) is 16.9 Å². The number of rotatable bonds is 5. The molecule has 0 radical (unpaired) electrons. The lowest BCUT2D eigenvalue weighted by Gasteiger charge is -2.08. The van der Waals surface area contributed by atoms with Gasteiger partial charge in [-0.25, -0.2) is 9.36 Å². The van der Waals surface area contributed by atoms with Gasteiger partial charge in [-0.2, -0.15) is 10.2 Å². The Morgan fingerprint density at radius 2 is 1.60 bits per heavy atom. The smallest absolute Gasteiger partial charge is 0.269 e. The van der Waals surface area contributed by atoms with Crippen molar-refractivity contribution in [3.63, 3.8) is 0 Å². The monoisotopic (exact) mass is 400 g/mol. The summed E-state index contributed by atoms with van der Waals surface area (Å²) in [5.74, 6) is -0.811. The molecule has 30 heavy (non-hydrogen) atoms. The van der Waals surface area contributed by atoms with E-state index in [1.54, 1.807) is 45.9 Å². The predicted molar refractivity (Wildman–Crippen MR) is 113 cm³/mol. The number of aryl methyl sites for hydroxylation is 1. The van der Waals surface area contributed by atoms with Crippen molar-refractivity contribution in [1.82, 2.24) is 19.6 Å². The third kappa shape index (κ3) is 3.58. The Labute approximate surface area is 172 Å². The molecule has 0 saturated heterocycles. The van der Waals surface area contributed by atoms with Gasteiger partial charge < -0.3 is 11.1 Å². The maximum absolute atomic E-state index is 12.9. The minimum atomic E-state index is -0.584. The van der Waals surface area contributed by atoms with Crippen LogP contribution in [0.5, 0.6) is 0 Å². The van der Waals surface area contributed by atoms with Gasteiger partial charge in [0, 0.05) is 11.9 Å². The number of nitrogens with zero attached hydrogens (tertiary/aromatic N) is 4. The molecule has 2 heterocycles. The van der Waals surface area contributed by atoms with Gasteiger partial charge in [-0.3, -0.25) is 9.59 Å². The van der Waals surface area contributed by atoms with Crippen LogP contribution in [0.4, 0.5) is 5.69 Å². The summed E-state index contributed by atoms with van der Waals surface area (Å²) in [6, 6.07) is 18.4. The molecule has 0 fully saturated rings. The third-order valence-electron chi connectivity index (χ3n) is 4.75. The van der Waals surface area contributed by atoms with E-state index >= 15 is 0 Å². The van der Waals surface area contributed by atoms with Crippen LogP contribution in [-0.4, -0.2) is 31.4 Å². The summed E-state index contributed by atoms with van der Waals surface area (Å²) in [5.41, 5.74) is 9.66. The van der Waals surface area contributed by atoms with Gasteiger partial charge >= 0.3 is 0 Å². The van der Waals surface area contributed by atoms with Gasteiger partial charge in [0.05, 0.1) is 28.3 Å². The molecule has 3 N–H and O–H groups in total. The second-order valence-corrected chi connectivity index (χ2v) is 6.80. The van der Waals surface area contributed by atoms with Crippen LogP contribution in [0.15, 0.2) is 66.9 Å². The summed E-state index contributed by atoms with van der Waals surface area (Å²) in [5, 5.41) is 11.5. The van der Waals surface area contributed by atoms with Gasteiger partial charge in [0.2, 0.25) is 0 Å². The number of hydrogen-bond acceptors (Lipinski definition) is 4. The number of para-hydroxylation sites is 1. The van der Waals surface area contributed by atoms with Crippen LogP contribution >= 0.6 is 0 Å². The Morgan fingerprint density at radius 3 is 2.23 bits per heavy atom. The molecule has 8 heteroatoms. The number of hydrogen-bond donors (Lipinski definition) is 2. The lowest BCUT2D eigenvalue weighted by molar-refractivity contribution is 0.0992. The number of anilines is 1. The van der Waals surface area contributed by atoms with E-state index in [2.05, 4.69) is 15.5 Å². The number of carbonyl (C=O) groups excluding carboxylic acids is 2. The van der Waals surface area contributed by atoms with E-state index in [1.165, 1.54) is 0 Å². The molecule has 0 aliphatic rings. The molecule has 2 aromatic heterocycles. The van der Waals surface area contributed by atoms with Crippen LogP contribution in [0, 0.1) is 13.8 Å². The Kier molecular flexibility index (Phi) is 4.89. The second kappa shape index (κ2) is 7.67. The average Bonchev–Trinajstić information content (AvgIpc) is 3.34.